The Morgan fingerprint density at radius 2 is 2.19 bits per heavy atom. The lowest BCUT2D eigenvalue weighted by molar-refractivity contribution is 0.00166. The van der Waals surface area contributed by atoms with Crippen LogP contribution in [-0.2, 0) is 9.47 Å². The molecule has 2 rings (SSSR count). The van der Waals surface area contributed by atoms with Crippen LogP contribution in [0.25, 0.3) is 0 Å². The molecule has 1 fully saturated rings. The van der Waals surface area contributed by atoms with Crippen molar-refractivity contribution in [1.82, 2.24) is 0 Å². The summed E-state index contributed by atoms with van der Waals surface area (Å²) >= 11 is 0. The second-order valence-corrected chi connectivity index (χ2v) is 3.68. The molecular weight excluding hydrogens is 211 g/mol. The number of esters is 1. The van der Waals surface area contributed by atoms with Gasteiger partial charge in [0, 0.05) is 6.42 Å². The Morgan fingerprint density at radius 3 is 2.81 bits per heavy atom. The maximum Gasteiger partial charge on any atom is 0.338 e. The molecule has 16 heavy (non-hydrogen) atoms. The average molecular weight is 224 g/mol. The van der Waals surface area contributed by atoms with Crippen molar-refractivity contribution in [2.45, 2.75) is 18.7 Å². The largest absolute Gasteiger partial charge is 0.459 e. The molecule has 0 amide bonds. The van der Waals surface area contributed by atoms with Gasteiger partial charge in [-0.25, -0.2) is 9.18 Å². The Labute approximate surface area is 93.2 Å². The van der Waals surface area contributed by atoms with Crippen LogP contribution in [0, 0.1) is 0 Å². The Hall–Kier alpha value is -1.42. The van der Waals surface area contributed by atoms with E-state index >= 15 is 0 Å². The van der Waals surface area contributed by atoms with E-state index in [2.05, 4.69) is 0 Å². The van der Waals surface area contributed by atoms with E-state index in [0.717, 1.165) is 0 Å². The number of benzene rings is 1. The number of carbonyl (C=O) groups excluding carboxylic acids is 1. The van der Waals surface area contributed by atoms with E-state index in [-0.39, 0.29) is 6.61 Å². The molecule has 0 saturated carbocycles. The molecule has 3 nitrogen and oxygen atoms in total. The van der Waals surface area contributed by atoms with Gasteiger partial charge in [-0.2, -0.15) is 0 Å². The third kappa shape index (κ3) is 2.58. The van der Waals surface area contributed by atoms with Crippen LogP contribution in [0.4, 0.5) is 4.39 Å². The summed E-state index contributed by atoms with van der Waals surface area (Å²) in [5, 5.41) is 0. The zero-order valence-electron chi connectivity index (χ0n) is 8.77. The maximum atomic E-state index is 13.1. The molecule has 0 spiro atoms. The van der Waals surface area contributed by atoms with Crippen LogP contribution >= 0.6 is 0 Å². The van der Waals surface area contributed by atoms with E-state index in [1.54, 1.807) is 24.3 Å². The molecule has 86 valence electrons. The number of rotatable bonds is 3. The van der Waals surface area contributed by atoms with Crippen LogP contribution < -0.4 is 0 Å². The Bertz CT molecular complexity index is 353. The van der Waals surface area contributed by atoms with Crippen molar-refractivity contribution < 1.29 is 18.7 Å². The second kappa shape index (κ2) is 5.07. The quantitative estimate of drug-likeness (QED) is 0.736. The number of halogens is 1. The van der Waals surface area contributed by atoms with E-state index in [9.17, 15) is 9.18 Å². The van der Waals surface area contributed by atoms with Crippen LogP contribution in [0.1, 0.15) is 16.8 Å². The van der Waals surface area contributed by atoms with Crippen LogP contribution in [0.3, 0.4) is 0 Å². The standard InChI is InChI=1S/C12H13FO3/c13-10-6-7-15-11(10)8-16-12(14)9-4-2-1-3-5-9/h1-5,10-11H,6-8H2/t10-,11+/m0/s1. The van der Waals surface area contributed by atoms with E-state index < -0.39 is 18.2 Å². The van der Waals surface area contributed by atoms with Gasteiger partial charge in [0.2, 0.25) is 0 Å². The number of carbonyl (C=O) groups is 1. The summed E-state index contributed by atoms with van der Waals surface area (Å²) in [7, 11) is 0. The number of ether oxygens (including phenoxy) is 2. The molecule has 1 aliphatic heterocycles. The Morgan fingerprint density at radius 1 is 1.44 bits per heavy atom. The monoisotopic (exact) mass is 224 g/mol. The van der Waals surface area contributed by atoms with Crippen LogP contribution in [0.5, 0.6) is 0 Å². The lowest BCUT2D eigenvalue weighted by Crippen LogP contribution is -2.25. The third-order valence-electron chi connectivity index (χ3n) is 2.52. The molecule has 0 unspecified atom stereocenters. The van der Waals surface area contributed by atoms with Gasteiger partial charge in [0.15, 0.2) is 0 Å². The predicted molar refractivity (Wildman–Crippen MR) is 56.0 cm³/mol. The van der Waals surface area contributed by atoms with Gasteiger partial charge in [0.25, 0.3) is 0 Å². The van der Waals surface area contributed by atoms with Crippen molar-refractivity contribution in [2.75, 3.05) is 13.2 Å². The first kappa shape index (κ1) is 11.1. The highest BCUT2D eigenvalue weighted by atomic mass is 19.1. The van der Waals surface area contributed by atoms with Gasteiger partial charge in [0.05, 0.1) is 12.2 Å². The third-order valence-corrected chi connectivity index (χ3v) is 2.52. The molecule has 1 aliphatic rings. The highest BCUT2D eigenvalue weighted by Gasteiger charge is 2.29. The van der Waals surface area contributed by atoms with Gasteiger partial charge in [-0.05, 0) is 12.1 Å². The van der Waals surface area contributed by atoms with Crippen molar-refractivity contribution in [3.05, 3.63) is 35.9 Å². The average Bonchev–Trinajstić information content (AvgIpc) is 2.73. The fourth-order valence-electron chi connectivity index (χ4n) is 1.59. The van der Waals surface area contributed by atoms with E-state index in [1.165, 1.54) is 0 Å². The fraction of sp³-hybridized carbons (Fsp3) is 0.417. The lowest BCUT2D eigenvalue weighted by Gasteiger charge is -2.12. The topological polar surface area (TPSA) is 35.5 Å². The first-order valence-electron chi connectivity index (χ1n) is 5.25. The zero-order chi connectivity index (χ0) is 11.4. The minimum Gasteiger partial charge on any atom is -0.459 e. The molecular formula is C12H13FO3. The van der Waals surface area contributed by atoms with E-state index in [4.69, 9.17) is 9.47 Å². The molecule has 4 heteroatoms. The molecule has 0 N–H and O–H groups in total. The summed E-state index contributed by atoms with van der Waals surface area (Å²) in [6.07, 6.45) is -1.25. The minimum atomic E-state index is -1.02. The molecule has 1 aromatic rings. The normalized spacial score (nSPS) is 24.3. The van der Waals surface area contributed by atoms with Gasteiger partial charge < -0.3 is 9.47 Å². The van der Waals surface area contributed by atoms with Gasteiger partial charge in [0.1, 0.15) is 18.9 Å². The number of alkyl halides is 1. The van der Waals surface area contributed by atoms with Crippen LogP contribution in [-0.4, -0.2) is 31.5 Å². The number of hydrogen-bond acceptors (Lipinski definition) is 3. The highest BCUT2D eigenvalue weighted by Crippen LogP contribution is 2.17. The van der Waals surface area contributed by atoms with Crippen molar-refractivity contribution >= 4 is 5.97 Å². The first-order chi connectivity index (χ1) is 7.77. The molecule has 0 aromatic heterocycles. The second-order valence-electron chi connectivity index (χ2n) is 3.68. The first-order valence-corrected chi connectivity index (χ1v) is 5.25. The lowest BCUT2D eigenvalue weighted by atomic mass is 10.2. The summed E-state index contributed by atoms with van der Waals surface area (Å²) < 4.78 is 23.2. The Kier molecular flexibility index (Phi) is 3.51. The number of hydrogen-bond donors (Lipinski definition) is 0. The van der Waals surface area contributed by atoms with Crippen molar-refractivity contribution in [3.63, 3.8) is 0 Å². The summed E-state index contributed by atoms with van der Waals surface area (Å²) in [5.74, 6) is -0.441. The van der Waals surface area contributed by atoms with Gasteiger partial charge in [-0.3, -0.25) is 0 Å². The molecule has 1 aromatic carbocycles. The summed E-state index contributed by atoms with van der Waals surface area (Å²) in [6.45, 7) is 0.379. The van der Waals surface area contributed by atoms with Crippen molar-refractivity contribution in [3.8, 4) is 0 Å². The molecule has 2 atom stereocenters. The highest BCUT2D eigenvalue weighted by molar-refractivity contribution is 5.89. The van der Waals surface area contributed by atoms with Crippen molar-refractivity contribution in [1.29, 1.82) is 0 Å². The predicted octanol–water partition coefficient (Wildman–Crippen LogP) is 1.97. The smallest absolute Gasteiger partial charge is 0.338 e. The Balaban J connectivity index is 1.84. The molecule has 0 radical (unpaired) electrons. The molecule has 1 heterocycles. The molecule has 0 bridgehead atoms. The van der Waals surface area contributed by atoms with Gasteiger partial charge in [-0.1, -0.05) is 18.2 Å². The minimum absolute atomic E-state index is 0.0190. The van der Waals surface area contributed by atoms with Gasteiger partial charge >= 0.3 is 5.97 Å². The maximum absolute atomic E-state index is 13.1. The van der Waals surface area contributed by atoms with E-state index in [0.29, 0.717) is 18.6 Å². The fourth-order valence-corrected chi connectivity index (χ4v) is 1.59. The summed E-state index contributed by atoms with van der Waals surface area (Å²) in [5.41, 5.74) is 0.468. The van der Waals surface area contributed by atoms with E-state index in [1.807, 2.05) is 6.07 Å². The SMILES string of the molecule is O=C(OC[C@H]1OCC[C@@H]1F)c1ccccc1. The summed E-state index contributed by atoms with van der Waals surface area (Å²) in [6, 6.07) is 8.63. The van der Waals surface area contributed by atoms with Crippen LogP contribution in [0.15, 0.2) is 30.3 Å². The zero-order valence-corrected chi connectivity index (χ0v) is 8.77. The molecule has 1 saturated heterocycles. The van der Waals surface area contributed by atoms with Gasteiger partial charge in [-0.15, -0.1) is 0 Å². The molecule has 0 aliphatic carbocycles. The van der Waals surface area contributed by atoms with Crippen LogP contribution in [0.2, 0.25) is 0 Å². The summed E-state index contributed by atoms with van der Waals surface area (Å²) in [4.78, 5) is 11.5. The van der Waals surface area contributed by atoms with Crippen molar-refractivity contribution in [2.24, 2.45) is 0 Å².